The van der Waals surface area contributed by atoms with Crippen LogP contribution in [-0.2, 0) is 11.3 Å². The zero-order valence-corrected chi connectivity index (χ0v) is 13.2. The zero-order valence-electron chi connectivity index (χ0n) is 11.6. The van der Waals surface area contributed by atoms with E-state index < -0.39 is 0 Å². The Morgan fingerprint density at radius 3 is 2.79 bits per heavy atom. The molecule has 1 rings (SSSR count). The summed E-state index contributed by atoms with van der Waals surface area (Å²) in [6.07, 6.45) is 0. The lowest BCUT2D eigenvalue weighted by atomic mass is 10.2. The first-order chi connectivity index (χ1) is 8.90. The lowest BCUT2D eigenvalue weighted by Gasteiger charge is -2.18. The topological polar surface area (TPSA) is 52.6 Å². The van der Waals surface area contributed by atoms with Crippen molar-refractivity contribution in [2.24, 2.45) is 5.92 Å². The predicted molar refractivity (Wildman–Crippen MR) is 80.0 cm³/mol. The Kier molecular flexibility index (Phi) is 6.31. The summed E-state index contributed by atoms with van der Waals surface area (Å²) in [5.41, 5.74) is 1.03. The second-order valence-corrected chi connectivity index (χ2v) is 5.81. The van der Waals surface area contributed by atoms with Gasteiger partial charge in [-0.1, -0.05) is 29.8 Å². The molecule has 0 heterocycles. The van der Waals surface area contributed by atoms with Gasteiger partial charge in [0, 0.05) is 30.0 Å². The van der Waals surface area contributed by atoms with E-state index in [9.17, 15) is 9.90 Å². The van der Waals surface area contributed by atoms with Crippen molar-refractivity contribution in [2.45, 2.75) is 20.4 Å². The van der Waals surface area contributed by atoms with E-state index in [0.29, 0.717) is 13.1 Å². The first-order valence-corrected chi connectivity index (χ1v) is 7.13. The third-order valence-corrected chi connectivity index (χ3v) is 3.56. The van der Waals surface area contributed by atoms with Crippen LogP contribution in [0.25, 0.3) is 0 Å². The van der Waals surface area contributed by atoms with Crippen LogP contribution in [0.3, 0.4) is 0 Å². The number of amides is 1. The maximum absolute atomic E-state index is 11.4. The van der Waals surface area contributed by atoms with E-state index in [4.69, 9.17) is 0 Å². The summed E-state index contributed by atoms with van der Waals surface area (Å²) in [6, 6.07) is 5.22. The van der Waals surface area contributed by atoms with E-state index in [2.05, 4.69) is 26.1 Å². The van der Waals surface area contributed by atoms with E-state index in [0.717, 1.165) is 16.6 Å². The Labute approximate surface area is 122 Å². The van der Waals surface area contributed by atoms with Gasteiger partial charge in [-0.3, -0.25) is 4.79 Å². The number of nitrogens with zero attached hydrogens (tertiary/aromatic N) is 1. The molecule has 5 heteroatoms. The number of phenols is 1. The molecule has 0 unspecified atom stereocenters. The Morgan fingerprint density at radius 1 is 1.47 bits per heavy atom. The molecule has 2 N–H and O–H groups in total. The molecule has 1 amide bonds. The number of halogens is 1. The van der Waals surface area contributed by atoms with Gasteiger partial charge < -0.3 is 15.3 Å². The van der Waals surface area contributed by atoms with Gasteiger partial charge in [-0.05, 0) is 30.8 Å². The Bertz CT molecular complexity index is 435. The lowest BCUT2D eigenvalue weighted by molar-refractivity contribution is -0.124. The van der Waals surface area contributed by atoms with Gasteiger partial charge in [-0.15, -0.1) is 0 Å². The number of phenolic OH excluding ortho intramolecular Hbond substituents is 1. The van der Waals surface area contributed by atoms with Gasteiger partial charge in [0.25, 0.3) is 0 Å². The van der Waals surface area contributed by atoms with Gasteiger partial charge in [0.2, 0.25) is 5.91 Å². The highest BCUT2D eigenvalue weighted by atomic mass is 79.9. The zero-order chi connectivity index (χ0) is 14.4. The number of likely N-dealkylation sites (N-methyl/N-ethyl adjacent to an activating group) is 1. The van der Waals surface area contributed by atoms with E-state index in [1.54, 1.807) is 12.1 Å². The number of carbonyl (C=O) groups excluding carboxylic acids is 1. The fourth-order valence-electron chi connectivity index (χ4n) is 1.63. The van der Waals surface area contributed by atoms with Crippen LogP contribution in [0.4, 0.5) is 0 Å². The van der Waals surface area contributed by atoms with Crippen molar-refractivity contribution in [3.63, 3.8) is 0 Å². The third kappa shape index (κ3) is 5.61. The highest BCUT2D eigenvalue weighted by Crippen LogP contribution is 2.22. The second-order valence-electron chi connectivity index (χ2n) is 4.96. The second kappa shape index (κ2) is 7.50. The summed E-state index contributed by atoms with van der Waals surface area (Å²) in [4.78, 5) is 13.5. The average molecular weight is 329 g/mol. The smallest absolute Gasteiger partial charge is 0.222 e. The van der Waals surface area contributed by atoms with Crippen LogP contribution in [0.5, 0.6) is 5.75 Å². The maximum Gasteiger partial charge on any atom is 0.222 e. The van der Waals surface area contributed by atoms with Crippen LogP contribution >= 0.6 is 15.9 Å². The highest BCUT2D eigenvalue weighted by molar-refractivity contribution is 9.10. The van der Waals surface area contributed by atoms with E-state index in [-0.39, 0.29) is 17.6 Å². The minimum atomic E-state index is 0.0190. The van der Waals surface area contributed by atoms with Gasteiger partial charge >= 0.3 is 0 Å². The molecule has 0 aliphatic carbocycles. The van der Waals surface area contributed by atoms with Crippen LogP contribution in [0, 0.1) is 5.92 Å². The van der Waals surface area contributed by atoms with Crippen molar-refractivity contribution in [2.75, 3.05) is 20.1 Å². The summed E-state index contributed by atoms with van der Waals surface area (Å²) >= 11 is 3.46. The number of aromatic hydroxyl groups is 1. The molecule has 1 aromatic rings. The molecule has 1 aromatic carbocycles. The maximum atomic E-state index is 11.4. The predicted octanol–water partition coefficient (Wildman–Crippen LogP) is 2.36. The average Bonchev–Trinajstić information content (AvgIpc) is 2.33. The monoisotopic (exact) mass is 328 g/mol. The number of rotatable bonds is 6. The minimum Gasteiger partial charge on any atom is -0.508 e. The van der Waals surface area contributed by atoms with Crippen LogP contribution in [0.15, 0.2) is 22.7 Å². The standard InChI is InChI=1S/C14H21BrN2O2/c1-10(2)14(19)16-6-7-17(3)9-11-8-12(18)4-5-13(11)15/h4-5,8,10,18H,6-7,9H2,1-3H3,(H,16,19). The van der Waals surface area contributed by atoms with Gasteiger partial charge in [-0.2, -0.15) is 0 Å². The fraction of sp³-hybridized carbons (Fsp3) is 0.500. The molecular formula is C14H21BrN2O2. The van der Waals surface area contributed by atoms with E-state index in [1.165, 1.54) is 0 Å². The molecule has 0 atom stereocenters. The van der Waals surface area contributed by atoms with Crippen molar-refractivity contribution in [1.29, 1.82) is 0 Å². The molecule has 0 saturated heterocycles. The normalized spacial score (nSPS) is 11.1. The molecule has 106 valence electrons. The molecule has 0 bridgehead atoms. The van der Waals surface area contributed by atoms with Gasteiger partial charge in [0.1, 0.15) is 5.75 Å². The van der Waals surface area contributed by atoms with Crippen LogP contribution in [0.1, 0.15) is 19.4 Å². The molecule has 0 aliphatic rings. The van der Waals surface area contributed by atoms with Crippen LogP contribution in [0.2, 0.25) is 0 Å². The Hall–Kier alpha value is -1.07. The molecule has 0 aromatic heterocycles. The molecular weight excluding hydrogens is 308 g/mol. The van der Waals surface area contributed by atoms with E-state index in [1.807, 2.05) is 27.0 Å². The quantitative estimate of drug-likeness (QED) is 0.842. The number of nitrogens with one attached hydrogen (secondary N) is 1. The number of benzene rings is 1. The molecule has 0 radical (unpaired) electrons. The summed E-state index contributed by atoms with van der Waals surface area (Å²) in [5.74, 6) is 0.358. The van der Waals surface area contributed by atoms with Crippen molar-refractivity contribution in [3.05, 3.63) is 28.2 Å². The van der Waals surface area contributed by atoms with Gasteiger partial charge in [0.15, 0.2) is 0 Å². The summed E-state index contributed by atoms with van der Waals surface area (Å²) in [7, 11) is 1.98. The Morgan fingerprint density at radius 2 is 2.16 bits per heavy atom. The first kappa shape index (κ1) is 16.0. The van der Waals surface area contributed by atoms with Crippen LogP contribution in [-0.4, -0.2) is 36.1 Å². The molecule has 19 heavy (non-hydrogen) atoms. The number of carbonyl (C=O) groups is 1. The largest absolute Gasteiger partial charge is 0.508 e. The molecule has 0 fully saturated rings. The molecule has 0 saturated carbocycles. The lowest BCUT2D eigenvalue weighted by Crippen LogP contribution is -2.34. The minimum absolute atomic E-state index is 0.0190. The highest BCUT2D eigenvalue weighted by Gasteiger charge is 2.08. The molecule has 0 spiro atoms. The van der Waals surface area contributed by atoms with Crippen molar-refractivity contribution >= 4 is 21.8 Å². The van der Waals surface area contributed by atoms with Gasteiger partial charge in [-0.25, -0.2) is 0 Å². The summed E-state index contributed by atoms with van der Waals surface area (Å²) in [6.45, 7) is 5.86. The third-order valence-electron chi connectivity index (χ3n) is 2.79. The van der Waals surface area contributed by atoms with Gasteiger partial charge in [0.05, 0.1) is 0 Å². The fourth-order valence-corrected chi connectivity index (χ4v) is 2.00. The SMILES string of the molecule is CC(C)C(=O)NCCN(C)Cc1cc(O)ccc1Br. The Balaban J connectivity index is 2.41. The van der Waals surface area contributed by atoms with Crippen molar-refractivity contribution in [1.82, 2.24) is 10.2 Å². The van der Waals surface area contributed by atoms with Crippen molar-refractivity contribution < 1.29 is 9.90 Å². The summed E-state index contributed by atoms with van der Waals surface area (Å²) in [5, 5.41) is 12.3. The summed E-state index contributed by atoms with van der Waals surface area (Å²) < 4.78 is 0.975. The van der Waals surface area contributed by atoms with Crippen LogP contribution < -0.4 is 5.32 Å². The van der Waals surface area contributed by atoms with Crippen molar-refractivity contribution in [3.8, 4) is 5.75 Å². The number of hydrogen-bond acceptors (Lipinski definition) is 3. The molecule has 0 aliphatic heterocycles. The first-order valence-electron chi connectivity index (χ1n) is 6.33. The van der Waals surface area contributed by atoms with E-state index >= 15 is 0 Å². The molecule has 4 nitrogen and oxygen atoms in total. The number of hydrogen-bond donors (Lipinski definition) is 2.